The fourth-order valence-corrected chi connectivity index (χ4v) is 2.16. The van der Waals surface area contributed by atoms with Crippen molar-refractivity contribution in [3.8, 4) is 0 Å². The van der Waals surface area contributed by atoms with E-state index in [1.54, 1.807) is 7.11 Å². The van der Waals surface area contributed by atoms with Crippen molar-refractivity contribution >= 4 is 0 Å². The van der Waals surface area contributed by atoms with E-state index in [1.807, 2.05) is 0 Å². The lowest BCUT2D eigenvalue weighted by molar-refractivity contribution is 0.0408. The Balaban J connectivity index is 2.31. The Morgan fingerprint density at radius 1 is 1.40 bits per heavy atom. The van der Waals surface area contributed by atoms with Crippen molar-refractivity contribution in [1.29, 1.82) is 0 Å². The number of ether oxygens (including phenoxy) is 1. The van der Waals surface area contributed by atoms with E-state index in [-0.39, 0.29) is 6.10 Å². The van der Waals surface area contributed by atoms with Gasteiger partial charge in [0.2, 0.25) is 0 Å². The van der Waals surface area contributed by atoms with Gasteiger partial charge < -0.3 is 15.4 Å². The number of piperidine rings is 1. The van der Waals surface area contributed by atoms with Crippen molar-refractivity contribution in [2.75, 3.05) is 33.3 Å². The molecule has 0 bridgehead atoms. The third kappa shape index (κ3) is 3.74. The number of methoxy groups -OCH3 is 1. The maximum absolute atomic E-state index is 5.63. The fraction of sp³-hybridized carbons (Fsp3) is 1.00. The lowest BCUT2D eigenvalue weighted by Gasteiger charge is -2.39. The molecule has 15 heavy (non-hydrogen) atoms. The molecule has 90 valence electrons. The summed E-state index contributed by atoms with van der Waals surface area (Å²) in [5.74, 6) is 0. The molecule has 2 N–H and O–H groups in total. The molecule has 1 rings (SSSR count). The van der Waals surface area contributed by atoms with Crippen LogP contribution in [0.4, 0.5) is 0 Å². The van der Waals surface area contributed by atoms with Crippen molar-refractivity contribution < 1.29 is 4.74 Å². The molecule has 0 radical (unpaired) electrons. The highest BCUT2D eigenvalue weighted by Gasteiger charge is 2.28. The molecule has 1 aliphatic rings. The summed E-state index contributed by atoms with van der Waals surface area (Å²) in [5, 5.41) is 0. The van der Waals surface area contributed by atoms with Crippen molar-refractivity contribution in [3.63, 3.8) is 0 Å². The summed E-state index contributed by atoms with van der Waals surface area (Å²) >= 11 is 0. The number of nitrogens with two attached hydrogens (primary N) is 1. The van der Waals surface area contributed by atoms with Gasteiger partial charge in [-0.15, -0.1) is 0 Å². The second kappa shape index (κ2) is 5.83. The lowest BCUT2D eigenvalue weighted by Crippen LogP contribution is -2.44. The average Bonchev–Trinajstić information content (AvgIpc) is 2.28. The molecule has 0 saturated carbocycles. The van der Waals surface area contributed by atoms with Crippen LogP contribution >= 0.6 is 0 Å². The van der Waals surface area contributed by atoms with E-state index in [0.717, 1.165) is 6.54 Å². The molecule has 0 aliphatic carbocycles. The van der Waals surface area contributed by atoms with Crippen LogP contribution < -0.4 is 5.73 Å². The van der Waals surface area contributed by atoms with Gasteiger partial charge in [-0.05, 0) is 31.3 Å². The highest BCUT2D eigenvalue weighted by molar-refractivity contribution is 4.82. The number of hydrogen-bond acceptors (Lipinski definition) is 3. The second-order valence-corrected chi connectivity index (χ2v) is 5.06. The SMILES string of the molecule is CCC1(C)CCN(CC(CN)OC)CC1. The van der Waals surface area contributed by atoms with Crippen LogP contribution in [0.25, 0.3) is 0 Å². The summed E-state index contributed by atoms with van der Waals surface area (Å²) in [6.07, 6.45) is 4.12. The summed E-state index contributed by atoms with van der Waals surface area (Å²) in [7, 11) is 1.75. The molecule has 1 saturated heterocycles. The zero-order valence-corrected chi connectivity index (χ0v) is 10.5. The van der Waals surface area contributed by atoms with Gasteiger partial charge in [0.25, 0.3) is 0 Å². The van der Waals surface area contributed by atoms with E-state index >= 15 is 0 Å². The smallest absolute Gasteiger partial charge is 0.0820 e. The Morgan fingerprint density at radius 3 is 2.40 bits per heavy atom. The molecular formula is C12H26N2O. The van der Waals surface area contributed by atoms with Gasteiger partial charge in [0.1, 0.15) is 0 Å². The molecule has 1 aliphatic heterocycles. The predicted octanol–water partition coefficient (Wildman–Crippen LogP) is 1.47. The molecule has 0 aromatic heterocycles. The highest BCUT2D eigenvalue weighted by atomic mass is 16.5. The molecule has 3 nitrogen and oxygen atoms in total. The Hall–Kier alpha value is -0.120. The average molecular weight is 214 g/mol. The van der Waals surface area contributed by atoms with Gasteiger partial charge in [-0.1, -0.05) is 20.3 Å². The third-order valence-electron chi connectivity index (χ3n) is 3.97. The van der Waals surface area contributed by atoms with Gasteiger partial charge >= 0.3 is 0 Å². The van der Waals surface area contributed by atoms with Crippen molar-refractivity contribution in [2.24, 2.45) is 11.1 Å². The van der Waals surface area contributed by atoms with E-state index in [2.05, 4.69) is 18.7 Å². The normalized spacial score (nSPS) is 24.0. The summed E-state index contributed by atoms with van der Waals surface area (Å²) in [6.45, 7) is 8.72. The van der Waals surface area contributed by atoms with Crippen molar-refractivity contribution in [1.82, 2.24) is 4.90 Å². The Bertz CT molecular complexity index is 172. The largest absolute Gasteiger partial charge is 0.379 e. The minimum Gasteiger partial charge on any atom is -0.379 e. The first kappa shape index (κ1) is 12.9. The quantitative estimate of drug-likeness (QED) is 0.753. The van der Waals surface area contributed by atoms with Crippen LogP contribution in [0.15, 0.2) is 0 Å². The molecular weight excluding hydrogens is 188 g/mol. The van der Waals surface area contributed by atoms with Gasteiger partial charge in [0, 0.05) is 20.2 Å². The number of likely N-dealkylation sites (tertiary alicyclic amines) is 1. The summed E-state index contributed by atoms with van der Waals surface area (Å²) in [6, 6.07) is 0. The van der Waals surface area contributed by atoms with E-state index in [0.29, 0.717) is 12.0 Å². The van der Waals surface area contributed by atoms with Crippen LogP contribution in [0, 0.1) is 5.41 Å². The second-order valence-electron chi connectivity index (χ2n) is 5.06. The van der Waals surface area contributed by atoms with Crippen LogP contribution in [0.3, 0.4) is 0 Å². The number of nitrogens with zero attached hydrogens (tertiary/aromatic N) is 1. The van der Waals surface area contributed by atoms with Gasteiger partial charge in [0.15, 0.2) is 0 Å². The zero-order valence-electron chi connectivity index (χ0n) is 10.5. The van der Waals surface area contributed by atoms with Gasteiger partial charge in [-0.3, -0.25) is 0 Å². The Kier molecular flexibility index (Phi) is 5.03. The maximum Gasteiger partial charge on any atom is 0.0820 e. The number of rotatable bonds is 5. The lowest BCUT2D eigenvalue weighted by atomic mass is 9.78. The molecule has 0 aromatic rings. The van der Waals surface area contributed by atoms with Crippen LogP contribution in [0.2, 0.25) is 0 Å². The summed E-state index contributed by atoms with van der Waals surface area (Å²) in [4.78, 5) is 2.48. The first-order valence-corrected chi connectivity index (χ1v) is 6.09. The van der Waals surface area contributed by atoms with E-state index < -0.39 is 0 Å². The molecule has 0 spiro atoms. The molecule has 1 heterocycles. The van der Waals surface area contributed by atoms with Crippen LogP contribution in [-0.2, 0) is 4.74 Å². The molecule has 0 amide bonds. The van der Waals surface area contributed by atoms with E-state index in [1.165, 1.54) is 32.4 Å². The van der Waals surface area contributed by atoms with Crippen molar-refractivity contribution in [3.05, 3.63) is 0 Å². The molecule has 3 heteroatoms. The molecule has 1 fully saturated rings. The zero-order chi connectivity index (χ0) is 11.3. The molecule has 1 atom stereocenters. The van der Waals surface area contributed by atoms with Crippen LogP contribution in [-0.4, -0.2) is 44.3 Å². The van der Waals surface area contributed by atoms with Gasteiger partial charge in [0.05, 0.1) is 6.10 Å². The predicted molar refractivity (Wildman–Crippen MR) is 63.9 cm³/mol. The summed E-state index contributed by atoms with van der Waals surface area (Å²) < 4.78 is 5.31. The first-order valence-electron chi connectivity index (χ1n) is 6.09. The minimum atomic E-state index is 0.205. The third-order valence-corrected chi connectivity index (χ3v) is 3.97. The Labute approximate surface area is 94.0 Å². The van der Waals surface area contributed by atoms with Crippen LogP contribution in [0.5, 0.6) is 0 Å². The molecule has 1 unspecified atom stereocenters. The van der Waals surface area contributed by atoms with Crippen LogP contribution in [0.1, 0.15) is 33.1 Å². The monoisotopic (exact) mass is 214 g/mol. The summed E-state index contributed by atoms with van der Waals surface area (Å²) in [5.41, 5.74) is 6.20. The number of hydrogen-bond donors (Lipinski definition) is 1. The standard InChI is InChI=1S/C12H26N2O/c1-4-12(2)5-7-14(8-6-12)10-11(9-13)15-3/h11H,4-10,13H2,1-3H3. The van der Waals surface area contributed by atoms with Crippen molar-refractivity contribution in [2.45, 2.75) is 39.2 Å². The first-order chi connectivity index (χ1) is 7.13. The minimum absolute atomic E-state index is 0.205. The van der Waals surface area contributed by atoms with E-state index in [9.17, 15) is 0 Å². The topological polar surface area (TPSA) is 38.5 Å². The maximum atomic E-state index is 5.63. The fourth-order valence-electron chi connectivity index (χ4n) is 2.16. The van der Waals surface area contributed by atoms with E-state index in [4.69, 9.17) is 10.5 Å². The van der Waals surface area contributed by atoms with Gasteiger partial charge in [-0.2, -0.15) is 0 Å². The van der Waals surface area contributed by atoms with Gasteiger partial charge in [-0.25, -0.2) is 0 Å². The molecule has 0 aromatic carbocycles. The Morgan fingerprint density at radius 2 is 2.00 bits per heavy atom. The highest BCUT2D eigenvalue weighted by Crippen LogP contribution is 2.33.